The van der Waals surface area contributed by atoms with E-state index < -0.39 is 0 Å². The third-order valence-corrected chi connectivity index (χ3v) is 11.6. The van der Waals surface area contributed by atoms with Crippen LogP contribution in [0.2, 0.25) is 0 Å². The lowest BCUT2D eigenvalue weighted by Gasteiger charge is -2.29. The molecule has 11 aromatic rings. The summed E-state index contributed by atoms with van der Waals surface area (Å²) in [5.74, 6) is 0. The smallest absolute Gasteiger partial charge is 0.0540 e. The molecule has 266 valence electrons. The van der Waals surface area contributed by atoms with Crippen LogP contribution in [0.3, 0.4) is 0 Å². The Hall–Kier alpha value is -7.48. The van der Waals surface area contributed by atoms with Crippen LogP contribution in [-0.2, 0) is 0 Å². The topological polar surface area (TPSA) is 3.24 Å². The number of hydrogen-bond acceptors (Lipinski definition) is 1. The number of fused-ring (bicyclic) bond motifs is 7. The number of hydrogen-bond donors (Lipinski definition) is 0. The monoisotopic (exact) mass is 723 g/mol. The average Bonchev–Trinajstić information content (AvgIpc) is 3.29. The quantitative estimate of drug-likeness (QED) is 0.154. The summed E-state index contributed by atoms with van der Waals surface area (Å²) in [4.78, 5) is 2.44. The third kappa shape index (κ3) is 5.63. The maximum Gasteiger partial charge on any atom is 0.0540 e. The summed E-state index contributed by atoms with van der Waals surface area (Å²) in [7, 11) is 0. The molecule has 0 atom stereocenters. The highest BCUT2D eigenvalue weighted by molar-refractivity contribution is 6.22. The van der Waals surface area contributed by atoms with Gasteiger partial charge in [-0.05, 0) is 118 Å². The molecule has 1 heteroatoms. The fourth-order valence-electron chi connectivity index (χ4n) is 8.96. The van der Waals surface area contributed by atoms with Crippen molar-refractivity contribution in [2.24, 2.45) is 0 Å². The van der Waals surface area contributed by atoms with Gasteiger partial charge in [-0.3, -0.25) is 0 Å². The Balaban J connectivity index is 1.18. The van der Waals surface area contributed by atoms with Crippen LogP contribution in [0.1, 0.15) is 0 Å². The summed E-state index contributed by atoms with van der Waals surface area (Å²) >= 11 is 0. The molecule has 11 rings (SSSR count). The summed E-state index contributed by atoms with van der Waals surface area (Å²) in [6, 6.07) is 82.2. The highest BCUT2D eigenvalue weighted by Crippen LogP contribution is 2.48. The van der Waals surface area contributed by atoms with Gasteiger partial charge in [0, 0.05) is 16.9 Å². The molecule has 0 amide bonds. The second kappa shape index (κ2) is 13.7. The van der Waals surface area contributed by atoms with Gasteiger partial charge in [-0.25, -0.2) is 0 Å². The first-order valence-corrected chi connectivity index (χ1v) is 19.7. The van der Waals surface area contributed by atoms with E-state index >= 15 is 0 Å². The second-order valence-electron chi connectivity index (χ2n) is 14.9. The van der Waals surface area contributed by atoms with Crippen LogP contribution in [0.25, 0.3) is 87.2 Å². The summed E-state index contributed by atoms with van der Waals surface area (Å²) in [6.07, 6.45) is 0. The molecule has 0 aliphatic rings. The lowest BCUT2D eigenvalue weighted by Crippen LogP contribution is -2.11. The Morgan fingerprint density at radius 1 is 0.246 bits per heavy atom. The Morgan fingerprint density at radius 3 is 1.51 bits per heavy atom. The lowest BCUT2D eigenvalue weighted by molar-refractivity contribution is 1.29. The zero-order valence-corrected chi connectivity index (χ0v) is 31.3. The Labute approximate surface area is 332 Å². The molecule has 0 spiro atoms. The first-order valence-electron chi connectivity index (χ1n) is 19.7. The van der Waals surface area contributed by atoms with E-state index in [1.54, 1.807) is 0 Å². The molecular weight excluding hydrogens is 687 g/mol. The van der Waals surface area contributed by atoms with E-state index in [9.17, 15) is 0 Å². The fourth-order valence-corrected chi connectivity index (χ4v) is 8.96. The van der Waals surface area contributed by atoms with Gasteiger partial charge in [0.15, 0.2) is 0 Å². The van der Waals surface area contributed by atoms with E-state index in [-0.39, 0.29) is 0 Å². The fraction of sp³-hybridized carbons (Fsp3) is 0. The van der Waals surface area contributed by atoms with E-state index in [4.69, 9.17) is 0 Å². The van der Waals surface area contributed by atoms with Crippen LogP contribution in [0.15, 0.2) is 224 Å². The zero-order chi connectivity index (χ0) is 37.7. The van der Waals surface area contributed by atoms with Gasteiger partial charge in [0.25, 0.3) is 0 Å². The predicted octanol–water partition coefficient (Wildman–Crippen LogP) is 15.9. The van der Waals surface area contributed by atoms with Gasteiger partial charge >= 0.3 is 0 Å². The maximum atomic E-state index is 2.44. The Bertz CT molecular complexity index is 3290. The SMILES string of the molecule is c1ccc(-c2c(-c3ccccc3)c3cc(-c4ccccc4N(c4ccc5ccccc5c4)c4ccc5c(ccc6ccccc65)c4)ccc3c3ccccc23)cc1. The van der Waals surface area contributed by atoms with Gasteiger partial charge in [-0.2, -0.15) is 0 Å². The standard InChI is InChI=1S/C56H37N/c1-3-17-40(18-4-1)55-52-25-12-11-24-50(52)51-33-30-44(37-53(51)56(55)41-19-5-2-6-20-41)49-23-13-14-26-54(49)57(45-31-29-38-15-7-8-21-42(38)35-45)46-32-34-48-43(36-46)28-27-39-16-9-10-22-47(39)48/h1-37H. The largest absolute Gasteiger partial charge is 0.310 e. The Morgan fingerprint density at radius 2 is 0.737 bits per heavy atom. The normalized spacial score (nSPS) is 11.5. The van der Waals surface area contributed by atoms with Crippen LogP contribution in [0.4, 0.5) is 17.1 Å². The molecule has 0 fully saturated rings. The van der Waals surface area contributed by atoms with Crippen LogP contribution in [-0.4, -0.2) is 0 Å². The van der Waals surface area contributed by atoms with Crippen LogP contribution in [0.5, 0.6) is 0 Å². The molecule has 0 saturated carbocycles. The van der Waals surface area contributed by atoms with E-state index in [0.29, 0.717) is 0 Å². The number of para-hydroxylation sites is 1. The number of nitrogens with zero attached hydrogens (tertiary/aromatic N) is 1. The first kappa shape index (κ1) is 32.9. The van der Waals surface area contributed by atoms with Crippen LogP contribution >= 0.6 is 0 Å². The van der Waals surface area contributed by atoms with E-state index in [1.165, 1.54) is 87.2 Å². The molecule has 1 nitrogen and oxygen atoms in total. The number of benzene rings is 11. The summed E-state index contributed by atoms with van der Waals surface area (Å²) in [5.41, 5.74) is 10.6. The van der Waals surface area contributed by atoms with Crippen molar-refractivity contribution < 1.29 is 0 Å². The molecular formula is C56H37N. The molecule has 0 aliphatic heterocycles. The van der Waals surface area contributed by atoms with Crippen molar-refractivity contribution in [1.82, 2.24) is 0 Å². The van der Waals surface area contributed by atoms with Crippen molar-refractivity contribution in [3.05, 3.63) is 224 Å². The predicted molar refractivity (Wildman–Crippen MR) is 245 cm³/mol. The highest BCUT2D eigenvalue weighted by Gasteiger charge is 2.21. The molecule has 0 aromatic heterocycles. The highest BCUT2D eigenvalue weighted by atomic mass is 15.1. The van der Waals surface area contributed by atoms with Gasteiger partial charge in [-0.1, -0.05) is 188 Å². The van der Waals surface area contributed by atoms with Gasteiger partial charge in [0.2, 0.25) is 0 Å². The van der Waals surface area contributed by atoms with E-state index in [0.717, 1.165) is 17.1 Å². The third-order valence-electron chi connectivity index (χ3n) is 11.6. The summed E-state index contributed by atoms with van der Waals surface area (Å²) in [6.45, 7) is 0. The maximum absolute atomic E-state index is 2.44. The minimum absolute atomic E-state index is 1.11. The van der Waals surface area contributed by atoms with Crippen molar-refractivity contribution in [2.75, 3.05) is 4.90 Å². The Kier molecular flexibility index (Phi) is 7.89. The van der Waals surface area contributed by atoms with Crippen molar-refractivity contribution in [3.63, 3.8) is 0 Å². The average molecular weight is 724 g/mol. The van der Waals surface area contributed by atoms with Gasteiger partial charge in [-0.15, -0.1) is 0 Å². The van der Waals surface area contributed by atoms with Crippen molar-refractivity contribution in [1.29, 1.82) is 0 Å². The lowest BCUT2D eigenvalue weighted by atomic mass is 9.84. The van der Waals surface area contributed by atoms with Gasteiger partial charge in [0.05, 0.1) is 5.69 Å². The molecule has 11 aromatic carbocycles. The minimum atomic E-state index is 1.11. The van der Waals surface area contributed by atoms with Crippen molar-refractivity contribution >= 4 is 70.9 Å². The first-order chi connectivity index (χ1) is 28.3. The molecule has 0 N–H and O–H groups in total. The van der Waals surface area contributed by atoms with Crippen molar-refractivity contribution in [3.8, 4) is 33.4 Å². The molecule has 0 radical (unpaired) electrons. The number of anilines is 3. The minimum Gasteiger partial charge on any atom is -0.310 e. The van der Waals surface area contributed by atoms with E-state index in [1.807, 2.05) is 0 Å². The molecule has 0 heterocycles. The molecule has 0 saturated heterocycles. The molecule has 0 unspecified atom stereocenters. The molecule has 0 bridgehead atoms. The summed E-state index contributed by atoms with van der Waals surface area (Å²) < 4.78 is 0. The van der Waals surface area contributed by atoms with Crippen LogP contribution < -0.4 is 4.90 Å². The molecule has 0 aliphatic carbocycles. The van der Waals surface area contributed by atoms with Gasteiger partial charge < -0.3 is 4.90 Å². The van der Waals surface area contributed by atoms with Gasteiger partial charge in [0.1, 0.15) is 0 Å². The second-order valence-corrected chi connectivity index (χ2v) is 14.9. The molecule has 57 heavy (non-hydrogen) atoms. The zero-order valence-electron chi connectivity index (χ0n) is 31.3. The van der Waals surface area contributed by atoms with E-state index in [2.05, 4.69) is 229 Å². The van der Waals surface area contributed by atoms with Crippen molar-refractivity contribution in [2.45, 2.75) is 0 Å². The van der Waals surface area contributed by atoms with Crippen LogP contribution in [0, 0.1) is 0 Å². The summed E-state index contributed by atoms with van der Waals surface area (Å²) in [5, 5.41) is 12.4. The number of rotatable bonds is 6.